The van der Waals surface area contributed by atoms with E-state index in [1.807, 2.05) is 0 Å². The van der Waals surface area contributed by atoms with Gasteiger partial charge in [-0.25, -0.2) is 4.98 Å². The van der Waals surface area contributed by atoms with Crippen molar-refractivity contribution in [3.05, 3.63) is 40.0 Å². The zero-order chi connectivity index (χ0) is 19.0. The maximum absolute atomic E-state index is 6.29. The van der Waals surface area contributed by atoms with E-state index >= 15 is 0 Å². The Morgan fingerprint density at radius 3 is 2.37 bits per heavy atom. The molecule has 1 aromatic carbocycles. The molecule has 4 rings (SSSR count). The first-order valence-corrected chi connectivity index (χ1v) is 10.8. The Balaban J connectivity index is 1.83. The number of likely N-dealkylation sites (N-methyl/N-ethyl adjacent to an activating group) is 1. The number of rotatable bonds is 4. The summed E-state index contributed by atoms with van der Waals surface area (Å²) in [6.45, 7) is 11.7. The van der Waals surface area contributed by atoms with Gasteiger partial charge < -0.3 is 9.80 Å². The number of nitrogens with zero attached hydrogens (tertiary/aromatic N) is 4. The Kier molecular flexibility index (Phi) is 5.35. The minimum absolute atomic E-state index is 0.338. The molecule has 4 nitrogen and oxygen atoms in total. The van der Waals surface area contributed by atoms with Crippen LogP contribution in [0.5, 0.6) is 0 Å². The highest BCUT2D eigenvalue weighted by Crippen LogP contribution is 2.42. The first kappa shape index (κ1) is 18.7. The normalized spacial score (nSPS) is 15.6. The van der Waals surface area contributed by atoms with Crippen molar-refractivity contribution < 1.29 is 0 Å². The molecular weight excluding hydrogens is 376 g/mol. The van der Waals surface area contributed by atoms with E-state index in [9.17, 15) is 0 Å². The largest absolute Gasteiger partial charge is 0.353 e. The standard InChI is InChI=1S/C21H25ClN4S/c1-4-15-6-8-16(9-7-15)17-14(3)27-20-18(17)19(23-21(22)24-20)26-12-10-25(5-2)11-13-26/h6-9H,4-5,10-13H2,1-3H3. The van der Waals surface area contributed by atoms with Gasteiger partial charge in [0.2, 0.25) is 5.28 Å². The monoisotopic (exact) mass is 400 g/mol. The maximum atomic E-state index is 6.29. The molecule has 1 saturated heterocycles. The first-order chi connectivity index (χ1) is 13.1. The van der Waals surface area contributed by atoms with Crippen molar-refractivity contribution in [2.75, 3.05) is 37.6 Å². The van der Waals surface area contributed by atoms with Gasteiger partial charge in [0.1, 0.15) is 10.6 Å². The number of aryl methyl sites for hydroxylation is 2. The van der Waals surface area contributed by atoms with Crippen molar-refractivity contribution in [3.8, 4) is 11.1 Å². The lowest BCUT2D eigenvalue weighted by molar-refractivity contribution is 0.271. The molecule has 2 aromatic heterocycles. The molecule has 27 heavy (non-hydrogen) atoms. The van der Waals surface area contributed by atoms with Crippen LogP contribution in [0.1, 0.15) is 24.3 Å². The number of anilines is 1. The highest BCUT2D eigenvalue weighted by molar-refractivity contribution is 7.19. The average molecular weight is 401 g/mol. The van der Waals surface area contributed by atoms with Crippen LogP contribution in [0.3, 0.4) is 0 Å². The maximum Gasteiger partial charge on any atom is 0.225 e. The molecule has 0 atom stereocenters. The molecule has 0 amide bonds. The van der Waals surface area contributed by atoms with E-state index in [0.29, 0.717) is 5.28 Å². The molecule has 1 fully saturated rings. The van der Waals surface area contributed by atoms with Gasteiger partial charge in [0.05, 0.1) is 5.39 Å². The first-order valence-electron chi connectivity index (χ1n) is 9.64. The van der Waals surface area contributed by atoms with E-state index < -0.39 is 0 Å². The van der Waals surface area contributed by atoms with Gasteiger partial charge >= 0.3 is 0 Å². The van der Waals surface area contributed by atoms with Gasteiger partial charge in [-0.2, -0.15) is 4.98 Å². The van der Waals surface area contributed by atoms with Crippen molar-refractivity contribution in [2.24, 2.45) is 0 Å². The number of fused-ring (bicyclic) bond motifs is 1. The number of benzene rings is 1. The second kappa shape index (κ2) is 7.74. The van der Waals surface area contributed by atoms with E-state index in [1.54, 1.807) is 11.3 Å². The summed E-state index contributed by atoms with van der Waals surface area (Å²) in [5.41, 5.74) is 3.84. The summed E-state index contributed by atoms with van der Waals surface area (Å²) >= 11 is 8.00. The Bertz CT molecular complexity index is 943. The molecule has 3 aromatic rings. The topological polar surface area (TPSA) is 32.3 Å². The van der Waals surface area contributed by atoms with Gasteiger partial charge in [-0.1, -0.05) is 38.1 Å². The second-order valence-electron chi connectivity index (χ2n) is 7.00. The van der Waals surface area contributed by atoms with Crippen molar-refractivity contribution in [1.29, 1.82) is 0 Å². The van der Waals surface area contributed by atoms with E-state index in [0.717, 1.165) is 55.2 Å². The highest BCUT2D eigenvalue weighted by atomic mass is 35.5. The lowest BCUT2D eigenvalue weighted by Crippen LogP contribution is -2.46. The summed E-state index contributed by atoms with van der Waals surface area (Å²) < 4.78 is 0. The van der Waals surface area contributed by atoms with E-state index in [4.69, 9.17) is 11.6 Å². The molecule has 0 spiro atoms. The molecule has 6 heteroatoms. The number of halogens is 1. The minimum atomic E-state index is 0.338. The lowest BCUT2D eigenvalue weighted by atomic mass is 10.0. The lowest BCUT2D eigenvalue weighted by Gasteiger charge is -2.35. The highest BCUT2D eigenvalue weighted by Gasteiger charge is 2.24. The number of hydrogen-bond acceptors (Lipinski definition) is 5. The SMILES string of the molecule is CCc1ccc(-c2c(C)sc3nc(Cl)nc(N4CCN(CC)CC4)c23)cc1. The zero-order valence-electron chi connectivity index (χ0n) is 16.1. The van der Waals surface area contributed by atoms with Crippen molar-refractivity contribution in [2.45, 2.75) is 27.2 Å². The third kappa shape index (κ3) is 3.56. The van der Waals surface area contributed by atoms with E-state index in [1.165, 1.54) is 21.6 Å². The average Bonchev–Trinajstić information content (AvgIpc) is 3.03. The fraction of sp³-hybridized carbons (Fsp3) is 0.429. The van der Waals surface area contributed by atoms with Gasteiger partial charge in [-0.3, -0.25) is 0 Å². The third-order valence-electron chi connectivity index (χ3n) is 5.45. The summed E-state index contributed by atoms with van der Waals surface area (Å²) in [5, 5.41) is 1.49. The summed E-state index contributed by atoms with van der Waals surface area (Å²) in [7, 11) is 0. The molecule has 1 aliphatic rings. The number of hydrogen-bond donors (Lipinski definition) is 0. The summed E-state index contributed by atoms with van der Waals surface area (Å²) in [6.07, 6.45) is 1.05. The van der Waals surface area contributed by atoms with Crippen LogP contribution in [0.15, 0.2) is 24.3 Å². The zero-order valence-corrected chi connectivity index (χ0v) is 17.7. The quantitative estimate of drug-likeness (QED) is 0.575. The van der Waals surface area contributed by atoms with Crippen LogP contribution in [0, 0.1) is 6.92 Å². The van der Waals surface area contributed by atoms with Crippen LogP contribution in [0.4, 0.5) is 5.82 Å². The predicted molar refractivity (Wildman–Crippen MR) is 116 cm³/mol. The molecule has 0 radical (unpaired) electrons. The van der Waals surface area contributed by atoms with E-state index in [2.05, 4.69) is 64.8 Å². The Morgan fingerprint density at radius 1 is 1.04 bits per heavy atom. The van der Waals surface area contributed by atoms with Crippen molar-refractivity contribution >= 4 is 39.0 Å². The van der Waals surface area contributed by atoms with Crippen LogP contribution < -0.4 is 4.90 Å². The number of thiophene rings is 1. The molecule has 1 aliphatic heterocycles. The van der Waals surface area contributed by atoms with Crippen LogP contribution >= 0.6 is 22.9 Å². The van der Waals surface area contributed by atoms with Gasteiger partial charge in [0.15, 0.2) is 0 Å². The van der Waals surface area contributed by atoms with Gasteiger partial charge in [0, 0.05) is 36.6 Å². The molecule has 0 saturated carbocycles. The molecule has 0 aliphatic carbocycles. The Morgan fingerprint density at radius 2 is 1.74 bits per heavy atom. The fourth-order valence-electron chi connectivity index (χ4n) is 3.83. The summed E-state index contributed by atoms with van der Waals surface area (Å²) in [4.78, 5) is 16.3. The van der Waals surface area contributed by atoms with Crippen LogP contribution in [0.2, 0.25) is 5.28 Å². The Labute approximate surface area is 169 Å². The third-order valence-corrected chi connectivity index (χ3v) is 6.62. The number of piperazine rings is 1. The Hall–Kier alpha value is -1.69. The molecule has 3 heterocycles. The predicted octanol–water partition coefficient (Wildman–Crippen LogP) is 5.02. The molecule has 0 bridgehead atoms. The minimum Gasteiger partial charge on any atom is -0.353 e. The van der Waals surface area contributed by atoms with Gasteiger partial charge in [-0.05, 0) is 42.6 Å². The van der Waals surface area contributed by atoms with Crippen LogP contribution in [0.25, 0.3) is 21.3 Å². The smallest absolute Gasteiger partial charge is 0.225 e. The van der Waals surface area contributed by atoms with Gasteiger partial charge in [0.25, 0.3) is 0 Å². The summed E-state index contributed by atoms with van der Waals surface area (Å²) in [5.74, 6) is 0.986. The van der Waals surface area contributed by atoms with E-state index in [-0.39, 0.29) is 0 Å². The van der Waals surface area contributed by atoms with Gasteiger partial charge in [-0.15, -0.1) is 11.3 Å². The van der Waals surface area contributed by atoms with Crippen LogP contribution in [-0.2, 0) is 6.42 Å². The molecular formula is C21H25ClN4S. The summed E-state index contributed by atoms with van der Waals surface area (Å²) in [6, 6.07) is 8.88. The van der Waals surface area contributed by atoms with Crippen LogP contribution in [-0.4, -0.2) is 47.6 Å². The van der Waals surface area contributed by atoms with Crippen molar-refractivity contribution in [3.63, 3.8) is 0 Å². The van der Waals surface area contributed by atoms with Crippen molar-refractivity contribution in [1.82, 2.24) is 14.9 Å². The second-order valence-corrected chi connectivity index (χ2v) is 8.54. The molecule has 0 unspecified atom stereocenters. The number of aromatic nitrogens is 2. The molecule has 142 valence electrons. The molecule has 0 N–H and O–H groups in total. The fourth-order valence-corrected chi connectivity index (χ4v) is 5.08.